The molecular weight excluding hydrogens is 373 g/mol. The zero-order valence-corrected chi connectivity index (χ0v) is 14.8. The van der Waals surface area contributed by atoms with Crippen molar-refractivity contribution in [1.82, 2.24) is 10.6 Å². The first-order valence-electron chi connectivity index (χ1n) is 7.01. The lowest BCUT2D eigenvalue weighted by Crippen LogP contribution is -2.47. The lowest BCUT2D eigenvalue weighted by Gasteiger charge is -2.27. The molecule has 2 rings (SSSR count). The number of guanidine groups is 1. The van der Waals surface area contributed by atoms with E-state index in [2.05, 4.69) is 27.4 Å². The van der Waals surface area contributed by atoms with E-state index in [-0.39, 0.29) is 24.0 Å². The Balaban J connectivity index is 0.00000180. The number of aliphatic imine (C=N–C) groups is 1. The summed E-state index contributed by atoms with van der Waals surface area (Å²) in [4.78, 5) is 4.31. The average molecular weight is 399 g/mol. The molecule has 2 aliphatic rings. The standard InChI is InChI=1S/C13H25N3OS.HI/c1-14-13(16-12-2-6-17-7-3-12)15-10-11-4-8-18-9-5-11;/h11-12H,2-10H2,1H3,(H2,14,15,16);1H. The number of hydrogen-bond donors (Lipinski definition) is 2. The van der Waals surface area contributed by atoms with Crippen LogP contribution >= 0.6 is 35.7 Å². The lowest BCUT2D eigenvalue weighted by atomic mass is 10.0. The van der Waals surface area contributed by atoms with Crippen molar-refractivity contribution in [3.63, 3.8) is 0 Å². The predicted octanol–water partition coefficient (Wildman–Crippen LogP) is 2.09. The molecule has 112 valence electrons. The summed E-state index contributed by atoms with van der Waals surface area (Å²) in [5.41, 5.74) is 0. The van der Waals surface area contributed by atoms with E-state index in [1.165, 1.54) is 24.3 Å². The first kappa shape index (κ1) is 17.4. The molecule has 2 saturated heterocycles. The minimum Gasteiger partial charge on any atom is -0.381 e. The molecule has 2 heterocycles. The largest absolute Gasteiger partial charge is 0.381 e. The van der Waals surface area contributed by atoms with Crippen molar-refractivity contribution in [3.05, 3.63) is 0 Å². The SMILES string of the molecule is CN=C(NCC1CCSCC1)NC1CCOCC1.I. The van der Waals surface area contributed by atoms with Gasteiger partial charge in [-0.1, -0.05) is 0 Å². The van der Waals surface area contributed by atoms with Gasteiger partial charge < -0.3 is 15.4 Å². The highest BCUT2D eigenvalue weighted by atomic mass is 127. The molecule has 0 atom stereocenters. The predicted molar refractivity (Wildman–Crippen MR) is 93.8 cm³/mol. The van der Waals surface area contributed by atoms with Gasteiger partial charge in [0.15, 0.2) is 5.96 Å². The van der Waals surface area contributed by atoms with E-state index in [0.717, 1.165) is 44.5 Å². The van der Waals surface area contributed by atoms with Crippen LogP contribution < -0.4 is 10.6 Å². The molecular formula is C13H26IN3OS. The molecule has 0 spiro atoms. The summed E-state index contributed by atoms with van der Waals surface area (Å²) in [6.07, 6.45) is 4.85. The summed E-state index contributed by atoms with van der Waals surface area (Å²) in [6, 6.07) is 0.520. The number of hydrogen-bond acceptors (Lipinski definition) is 3. The third-order valence-corrected chi connectivity index (χ3v) is 4.73. The Morgan fingerprint density at radius 1 is 1.21 bits per heavy atom. The van der Waals surface area contributed by atoms with Crippen molar-refractivity contribution < 1.29 is 4.74 Å². The molecule has 0 amide bonds. The molecule has 4 nitrogen and oxygen atoms in total. The van der Waals surface area contributed by atoms with Crippen LogP contribution in [-0.4, -0.2) is 50.3 Å². The maximum atomic E-state index is 5.37. The second kappa shape index (κ2) is 10.1. The maximum absolute atomic E-state index is 5.37. The van der Waals surface area contributed by atoms with Crippen molar-refractivity contribution in [2.45, 2.75) is 31.7 Å². The van der Waals surface area contributed by atoms with Gasteiger partial charge in [-0.2, -0.15) is 11.8 Å². The van der Waals surface area contributed by atoms with Crippen LogP contribution in [0, 0.1) is 5.92 Å². The van der Waals surface area contributed by atoms with Crippen molar-refractivity contribution in [2.24, 2.45) is 10.9 Å². The van der Waals surface area contributed by atoms with E-state index in [1.807, 2.05) is 7.05 Å². The molecule has 0 aromatic carbocycles. The smallest absolute Gasteiger partial charge is 0.191 e. The van der Waals surface area contributed by atoms with Gasteiger partial charge in [0, 0.05) is 32.8 Å². The topological polar surface area (TPSA) is 45.7 Å². The molecule has 0 aromatic heterocycles. The van der Waals surface area contributed by atoms with Crippen molar-refractivity contribution in [3.8, 4) is 0 Å². The third kappa shape index (κ3) is 6.53. The average Bonchev–Trinajstić information content (AvgIpc) is 2.45. The molecule has 0 saturated carbocycles. The summed E-state index contributed by atoms with van der Waals surface area (Å²) in [6.45, 7) is 2.80. The normalized spacial score (nSPS) is 22.7. The minimum absolute atomic E-state index is 0. The lowest BCUT2D eigenvalue weighted by molar-refractivity contribution is 0.0822. The number of halogens is 1. The van der Waals surface area contributed by atoms with E-state index < -0.39 is 0 Å². The first-order valence-corrected chi connectivity index (χ1v) is 8.16. The van der Waals surface area contributed by atoms with E-state index in [0.29, 0.717) is 6.04 Å². The fraction of sp³-hybridized carbons (Fsp3) is 0.923. The maximum Gasteiger partial charge on any atom is 0.191 e. The Labute approximate surface area is 137 Å². The first-order chi connectivity index (χ1) is 8.88. The van der Waals surface area contributed by atoms with Gasteiger partial charge in [-0.15, -0.1) is 24.0 Å². The molecule has 0 aromatic rings. The fourth-order valence-corrected chi connectivity index (χ4v) is 3.63. The Bertz CT molecular complexity index is 267. The molecule has 6 heteroatoms. The third-order valence-electron chi connectivity index (χ3n) is 3.68. The Hall–Kier alpha value is 0.310. The molecule has 0 unspecified atom stereocenters. The number of nitrogens with zero attached hydrogens (tertiary/aromatic N) is 1. The van der Waals surface area contributed by atoms with Crippen LogP contribution in [0.2, 0.25) is 0 Å². The molecule has 2 aliphatic heterocycles. The molecule has 2 fully saturated rings. The van der Waals surface area contributed by atoms with Crippen LogP contribution in [0.25, 0.3) is 0 Å². The van der Waals surface area contributed by atoms with Crippen LogP contribution in [0.15, 0.2) is 4.99 Å². The highest BCUT2D eigenvalue weighted by Gasteiger charge is 2.17. The van der Waals surface area contributed by atoms with Crippen molar-refractivity contribution >= 4 is 41.7 Å². The van der Waals surface area contributed by atoms with Crippen molar-refractivity contribution in [2.75, 3.05) is 38.3 Å². The summed E-state index contributed by atoms with van der Waals surface area (Å²) in [7, 11) is 1.85. The van der Waals surface area contributed by atoms with Gasteiger partial charge in [0.05, 0.1) is 0 Å². The van der Waals surface area contributed by atoms with Crippen molar-refractivity contribution in [1.29, 1.82) is 0 Å². The zero-order chi connectivity index (χ0) is 12.6. The Kier molecular flexibility index (Phi) is 9.23. The fourth-order valence-electron chi connectivity index (χ4n) is 2.42. The Morgan fingerprint density at radius 2 is 1.89 bits per heavy atom. The summed E-state index contributed by atoms with van der Waals surface area (Å²) in [5, 5.41) is 6.97. The van der Waals surface area contributed by atoms with Crippen LogP contribution in [0.4, 0.5) is 0 Å². The summed E-state index contributed by atoms with van der Waals surface area (Å²) >= 11 is 2.08. The quantitative estimate of drug-likeness (QED) is 0.434. The molecule has 0 radical (unpaired) electrons. The van der Waals surface area contributed by atoms with Crippen LogP contribution in [0.5, 0.6) is 0 Å². The number of thioether (sulfide) groups is 1. The second-order valence-electron chi connectivity index (χ2n) is 5.04. The van der Waals surface area contributed by atoms with Gasteiger partial charge in [-0.25, -0.2) is 0 Å². The van der Waals surface area contributed by atoms with Gasteiger partial charge in [0.1, 0.15) is 0 Å². The van der Waals surface area contributed by atoms with E-state index in [4.69, 9.17) is 4.74 Å². The Morgan fingerprint density at radius 3 is 2.53 bits per heavy atom. The number of rotatable bonds is 3. The van der Waals surface area contributed by atoms with E-state index in [9.17, 15) is 0 Å². The number of nitrogens with one attached hydrogen (secondary N) is 2. The minimum atomic E-state index is 0. The molecule has 2 N–H and O–H groups in total. The van der Waals surface area contributed by atoms with Gasteiger partial charge in [0.2, 0.25) is 0 Å². The second-order valence-corrected chi connectivity index (χ2v) is 6.26. The van der Waals surface area contributed by atoms with Crippen LogP contribution in [-0.2, 0) is 4.74 Å². The summed E-state index contributed by atoms with van der Waals surface area (Å²) < 4.78 is 5.37. The van der Waals surface area contributed by atoms with E-state index >= 15 is 0 Å². The molecule has 19 heavy (non-hydrogen) atoms. The monoisotopic (exact) mass is 399 g/mol. The van der Waals surface area contributed by atoms with Crippen LogP contribution in [0.1, 0.15) is 25.7 Å². The number of ether oxygens (including phenoxy) is 1. The summed E-state index contributed by atoms with van der Waals surface area (Å²) in [5.74, 6) is 4.41. The van der Waals surface area contributed by atoms with Crippen LogP contribution in [0.3, 0.4) is 0 Å². The van der Waals surface area contributed by atoms with Gasteiger partial charge >= 0.3 is 0 Å². The van der Waals surface area contributed by atoms with Gasteiger partial charge in [-0.3, -0.25) is 4.99 Å². The van der Waals surface area contributed by atoms with E-state index in [1.54, 1.807) is 0 Å². The highest BCUT2D eigenvalue weighted by Crippen LogP contribution is 2.21. The van der Waals surface area contributed by atoms with Gasteiger partial charge in [0.25, 0.3) is 0 Å². The molecule has 0 aliphatic carbocycles. The van der Waals surface area contributed by atoms with Gasteiger partial charge in [-0.05, 0) is 43.1 Å². The molecule has 0 bridgehead atoms. The zero-order valence-electron chi connectivity index (χ0n) is 11.7. The highest BCUT2D eigenvalue weighted by molar-refractivity contribution is 14.0.